The van der Waals surface area contributed by atoms with Crippen LogP contribution in [0.3, 0.4) is 0 Å². The van der Waals surface area contributed by atoms with Gasteiger partial charge in [0.05, 0.1) is 12.8 Å². The van der Waals surface area contributed by atoms with Crippen molar-refractivity contribution in [2.24, 2.45) is 0 Å². The second-order valence-electron chi connectivity index (χ2n) is 6.71. The third-order valence-electron chi connectivity index (χ3n) is 5.17. The smallest absolute Gasteiger partial charge is 0.344 e. The zero-order valence-corrected chi connectivity index (χ0v) is 15.6. The van der Waals surface area contributed by atoms with E-state index in [9.17, 15) is 4.79 Å². The summed E-state index contributed by atoms with van der Waals surface area (Å²) in [5.74, 6) is -0.355. The number of fused-ring (bicyclic) bond motifs is 3. The lowest BCUT2D eigenvalue weighted by Gasteiger charge is -2.34. The molecule has 0 amide bonds. The number of carbonyl (C=O) groups excluding carboxylic acids is 1. The summed E-state index contributed by atoms with van der Waals surface area (Å²) in [6, 6.07) is 18.5. The highest BCUT2D eigenvalue weighted by atomic mass is 16.6. The minimum Gasteiger partial charge on any atom is -0.467 e. The van der Waals surface area contributed by atoms with Gasteiger partial charge in [0, 0.05) is 36.0 Å². The van der Waals surface area contributed by atoms with Crippen molar-refractivity contribution in [3.63, 3.8) is 0 Å². The van der Waals surface area contributed by atoms with Gasteiger partial charge in [-0.2, -0.15) is 0 Å². The molecule has 0 radical (unpaired) electrons. The maximum atomic E-state index is 12.9. The van der Waals surface area contributed by atoms with Gasteiger partial charge in [-0.25, -0.2) is 4.79 Å². The fourth-order valence-electron chi connectivity index (χ4n) is 4.08. The number of aromatic nitrogens is 1. The third kappa shape index (κ3) is 2.77. The summed E-state index contributed by atoms with van der Waals surface area (Å²) in [4.78, 5) is 12.9. The van der Waals surface area contributed by atoms with Crippen LogP contribution < -0.4 is 0 Å². The first-order valence-electron chi connectivity index (χ1n) is 9.26. The maximum Gasteiger partial charge on any atom is 0.344 e. The minimum absolute atomic E-state index is 0.355. The Bertz CT molecular complexity index is 1000. The number of carbonyl (C=O) groups is 1. The molecule has 4 rings (SSSR count). The number of hydrogen-bond acceptors (Lipinski definition) is 3. The van der Waals surface area contributed by atoms with Crippen LogP contribution in [0.5, 0.6) is 0 Å². The number of nitrogens with zero attached hydrogens (tertiary/aromatic N) is 1. The molecular formula is C23H23NO3. The third-order valence-corrected chi connectivity index (χ3v) is 5.17. The summed E-state index contributed by atoms with van der Waals surface area (Å²) in [6.45, 7) is 3.00. The largest absolute Gasteiger partial charge is 0.467 e. The van der Waals surface area contributed by atoms with Crippen LogP contribution in [-0.4, -0.2) is 24.3 Å². The molecule has 0 saturated heterocycles. The molecule has 1 atom stereocenters. The van der Waals surface area contributed by atoms with E-state index in [1.807, 2.05) is 43.3 Å². The molecule has 0 spiro atoms. The normalized spacial score (nSPS) is 18.4. The summed E-state index contributed by atoms with van der Waals surface area (Å²) in [5.41, 5.74) is 3.05. The lowest BCUT2D eigenvalue weighted by Crippen LogP contribution is -2.43. The van der Waals surface area contributed by atoms with E-state index in [2.05, 4.69) is 34.9 Å². The fourth-order valence-corrected chi connectivity index (χ4v) is 4.08. The van der Waals surface area contributed by atoms with Crippen LogP contribution in [0.25, 0.3) is 17.0 Å². The second-order valence-corrected chi connectivity index (χ2v) is 6.71. The highest BCUT2D eigenvalue weighted by Crippen LogP contribution is 2.43. The molecule has 1 aromatic heterocycles. The molecule has 1 aliphatic carbocycles. The van der Waals surface area contributed by atoms with Gasteiger partial charge in [-0.15, -0.1) is 0 Å². The number of hydrogen-bond donors (Lipinski definition) is 0. The van der Waals surface area contributed by atoms with Crippen LogP contribution in [0.2, 0.25) is 0 Å². The lowest BCUT2D eigenvalue weighted by atomic mass is 9.86. The molecule has 0 saturated carbocycles. The van der Waals surface area contributed by atoms with Gasteiger partial charge >= 0.3 is 5.97 Å². The summed E-state index contributed by atoms with van der Waals surface area (Å²) < 4.78 is 13.5. The van der Waals surface area contributed by atoms with Crippen LogP contribution >= 0.6 is 0 Å². The molecule has 0 aliphatic heterocycles. The predicted molar refractivity (Wildman–Crippen MR) is 106 cm³/mol. The van der Waals surface area contributed by atoms with E-state index in [4.69, 9.17) is 9.47 Å². The van der Waals surface area contributed by atoms with Crippen LogP contribution in [0, 0.1) is 0 Å². The first kappa shape index (κ1) is 17.6. The number of rotatable bonds is 5. The van der Waals surface area contributed by atoms with E-state index in [0.717, 1.165) is 22.2 Å². The van der Waals surface area contributed by atoms with Gasteiger partial charge in [-0.05, 0) is 18.6 Å². The summed E-state index contributed by atoms with van der Waals surface area (Å²) in [5, 5.41) is 1.12. The van der Waals surface area contributed by atoms with Gasteiger partial charge in [0.15, 0.2) is 0 Å². The molecule has 3 aromatic rings. The molecular weight excluding hydrogens is 338 g/mol. The fraction of sp³-hybridized carbons (Fsp3) is 0.261. The molecule has 0 bridgehead atoms. The van der Waals surface area contributed by atoms with Crippen molar-refractivity contribution in [2.45, 2.75) is 25.5 Å². The topological polar surface area (TPSA) is 40.5 Å². The Morgan fingerprint density at radius 1 is 1.11 bits per heavy atom. The highest BCUT2D eigenvalue weighted by molar-refractivity contribution is 5.96. The predicted octanol–water partition coefficient (Wildman–Crippen LogP) is 4.51. The van der Waals surface area contributed by atoms with Crippen LogP contribution in [0.15, 0.2) is 60.7 Å². The maximum absolute atomic E-state index is 12.9. The van der Waals surface area contributed by atoms with E-state index in [1.54, 1.807) is 0 Å². The van der Waals surface area contributed by atoms with Gasteiger partial charge in [-0.1, -0.05) is 60.7 Å². The number of methoxy groups -OCH3 is 1. The van der Waals surface area contributed by atoms with Gasteiger partial charge in [0.1, 0.15) is 0 Å². The standard InChI is InChI=1S/C23H23NO3/c1-3-27-23(22(25)26-2)15-9-13-19-18-12-7-8-14-20(18)24(21(19)23)16-17-10-5-4-6-11-17/h4-14H,3,15-16H2,1-2H3. The summed E-state index contributed by atoms with van der Waals surface area (Å²) in [6.07, 6.45) is 4.57. The van der Waals surface area contributed by atoms with Crippen molar-refractivity contribution in [2.75, 3.05) is 13.7 Å². The van der Waals surface area contributed by atoms with Gasteiger partial charge in [0.2, 0.25) is 5.60 Å². The molecule has 4 heteroatoms. The van der Waals surface area contributed by atoms with Crippen molar-refractivity contribution < 1.29 is 14.3 Å². The first-order valence-corrected chi connectivity index (χ1v) is 9.26. The van der Waals surface area contributed by atoms with Crippen LogP contribution in [0.4, 0.5) is 0 Å². The van der Waals surface area contributed by atoms with Crippen molar-refractivity contribution >= 4 is 22.9 Å². The lowest BCUT2D eigenvalue weighted by molar-refractivity contribution is -0.171. The number of para-hydroxylation sites is 1. The van der Waals surface area contributed by atoms with Gasteiger partial charge < -0.3 is 14.0 Å². The molecule has 0 fully saturated rings. The van der Waals surface area contributed by atoms with E-state index < -0.39 is 5.60 Å². The number of benzene rings is 2. The van der Waals surface area contributed by atoms with Crippen LogP contribution in [0.1, 0.15) is 30.2 Å². The Kier molecular flexibility index (Phi) is 4.58. The van der Waals surface area contributed by atoms with Gasteiger partial charge in [0.25, 0.3) is 0 Å². The Balaban J connectivity index is 2.01. The SMILES string of the molecule is CCOC1(C(=O)OC)CC=Cc2c1n(Cc1ccccc1)c1ccccc21. The number of esters is 1. The quantitative estimate of drug-likeness (QED) is 0.628. The summed E-state index contributed by atoms with van der Waals surface area (Å²) in [7, 11) is 1.42. The molecule has 1 heterocycles. The molecule has 1 unspecified atom stereocenters. The zero-order chi connectivity index (χ0) is 18.9. The monoisotopic (exact) mass is 361 g/mol. The van der Waals surface area contributed by atoms with E-state index >= 15 is 0 Å². The Morgan fingerprint density at radius 2 is 1.85 bits per heavy atom. The Hall–Kier alpha value is -2.85. The molecule has 2 aromatic carbocycles. The average Bonchev–Trinajstić information content (AvgIpc) is 3.03. The van der Waals surface area contributed by atoms with E-state index in [0.29, 0.717) is 19.6 Å². The molecule has 0 N–H and O–H groups in total. The van der Waals surface area contributed by atoms with Crippen molar-refractivity contribution in [3.8, 4) is 0 Å². The zero-order valence-electron chi connectivity index (χ0n) is 15.6. The summed E-state index contributed by atoms with van der Waals surface area (Å²) >= 11 is 0. The Labute approximate surface area is 159 Å². The first-order chi connectivity index (χ1) is 13.2. The van der Waals surface area contributed by atoms with Crippen molar-refractivity contribution in [1.82, 2.24) is 4.57 Å². The average molecular weight is 361 g/mol. The van der Waals surface area contributed by atoms with Gasteiger partial charge in [-0.3, -0.25) is 0 Å². The van der Waals surface area contributed by atoms with E-state index in [-0.39, 0.29) is 5.97 Å². The molecule has 1 aliphatic rings. The van der Waals surface area contributed by atoms with Crippen LogP contribution in [-0.2, 0) is 26.4 Å². The highest BCUT2D eigenvalue weighted by Gasteiger charge is 2.47. The molecule has 4 nitrogen and oxygen atoms in total. The van der Waals surface area contributed by atoms with Crippen molar-refractivity contribution in [3.05, 3.63) is 77.5 Å². The molecule has 27 heavy (non-hydrogen) atoms. The van der Waals surface area contributed by atoms with Crippen molar-refractivity contribution in [1.29, 1.82) is 0 Å². The second kappa shape index (κ2) is 7.05. The number of ether oxygens (including phenoxy) is 2. The van der Waals surface area contributed by atoms with E-state index in [1.165, 1.54) is 12.7 Å². The minimum atomic E-state index is -1.12. The molecule has 138 valence electrons. The Morgan fingerprint density at radius 3 is 2.59 bits per heavy atom.